The Labute approximate surface area is 86.2 Å². The maximum Gasteiger partial charge on any atom is 0.0689 e. The molecule has 1 saturated heterocycles. The first-order valence-electron chi connectivity index (χ1n) is 4.33. The summed E-state index contributed by atoms with van der Waals surface area (Å²) in [5.41, 5.74) is 7.09. The number of hydrogen-bond acceptors (Lipinski definition) is 2. The van der Waals surface area contributed by atoms with Crippen LogP contribution in [0.15, 0.2) is 28.7 Å². The molecule has 0 radical (unpaired) electrons. The van der Waals surface area contributed by atoms with Crippen molar-refractivity contribution in [3.05, 3.63) is 34.3 Å². The highest BCUT2D eigenvalue weighted by atomic mass is 79.9. The van der Waals surface area contributed by atoms with Gasteiger partial charge in [0.15, 0.2) is 0 Å². The van der Waals surface area contributed by atoms with Crippen LogP contribution in [-0.4, -0.2) is 13.2 Å². The molecule has 0 bridgehead atoms. The van der Waals surface area contributed by atoms with E-state index in [2.05, 4.69) is 28.1 Å². The van der Waals surface area contributed by atoms with Gasteiger partial charge >= 0.3 is 0 Å². The van der Waals surface area contributed by atoms with Crippen molar-refractivity contribution in [2.75, 3.05) is 13.2 Å². The van der Waals surface area contributed by atoms with Crippen LogP contribution in [0.25, 0.3) is 0 Å². The highest BCUT2D eigenvalue weighted by Gasteiger charge is 2.31. The second kappa shape index (κ2) is 3.40. The van der Waals surface area contributed by atoms with Crippen LogP contribution < -0.4 is 5.73 Å². The normalized spacial score (nSPS) is 27.8. The summed E-state index contributed by atoms with van der Waals surface area (Å²) in [7, 11) is 0. The van der Waals surface area contributed by atoms with Gasteiger partial charge in [0.05, 0.1) is 12.1 Å². The molecule has 13 heavy (non-hydrogen) atoms. The summed E-state index contributed by atoms with van der Waals surface area (Å²) in [6.07, 6.45) is 0.911. The number of rotatable bonds is 1. The molecule has 70 valence electrons. The van der Waals surface area contributed by atoms with Gasteiger partial charge in [0.2, 0.25) is 0 Å². The number of nitrogens with two attached hydrogens (primary N) is 1. The number of halogens is 1. The minimum atomic E-state index is -0.263. The molecule has 2 N–H and O–H groups in total. The average Bonchev–Trinajstić information content (AvgIpc) is 2.54. The predicted octanol–water partition coefficient (Wildman–Crippen LogP) is 2.02. The SMILES string of the molecule is N[C@]1(c2ccc(Br)cc2)CCOC1. The fourth-order valence-corrected chi connectivity index (χ4v) is 1.85. The van der Waals surface area contributed by atoms with Crippen LogP contribution in [0.5, 0.6) is 0 Å². The maximum atomic E-state index is 6.19. The fourth-order valence-electron chi connectivity index (χ4n) is 1.59. The van der Waals surface area contributed by atoms with E-state index in [0.717, 1.165) is 23.1 Å². The summed E-state index contributed by atoms with van der Waals surface area (Å²) in [5, 5.41) is 0. The Bertz CT molecular complexity index is 290. The number of ether oxygens (including phenoxy) is 1. The zero-order chi connectivity index (χ0) is 9.31. The van der Waals surface area contributed by atoms with Crippen molar-refractivity contribution >= 4 is 15.9 Å². The van der Waals surface area contributed by atoms with Gasteiger partial charge in [-0.05, 0) is 24.1 Å². The van der Waals surface area contributed by atoms with E-state index in [-0.39, 0.29) is 5.54 Å². The van der Waals surface area contributed by atoms with Gasteiger partial charge in [0.1, 0.15) is 0 Å². The van der Waals surface area contributed by atoms with Crippen LogP contribution in [-0.2, 0) is 10.3 Å². The lowest BCUT2D eigenvalue weighted by molar-refractivity contribution is 0.178. The molecular weight excluding hydrogens is 230 g/mol. The molecule has 1 fully saturated rings. The number of hydrogen-bond donors (Lipinski definition) is 1. The summed E-state index contributed by atoms with van der Waals surface area (Å²) in [6.45, 7) is 1.40. The highest BCUT2D eigenvalue weighted by molar-refractivity contribution is 9.10. The standard InChI is InChI=1S/C10H12BrNO/c11-9-3-1-8(2-4-9)10(12)5-6-13-7-10/h1-4H,5-7,12H2/t10-/m1/s1. The molecule has 0 unspecified atom stereocenters. The molecule has 1 aromatic rings. The van der Waals surface area contributed by atoms with E-state index >= 15 is 0 Å². The first kappa shape index (κ1) is 9.19. The van der Waals surface area contributed by atoms with Crippen LogP contribution in [0.3, 0.4) is 0 Å². The molecular formula is C10H12BrNO. The second-order valence-electron chi connectivity index (χ2n) is 3.47. The van der Waals surface area contributed by atoms with Crippen molar-refractivity contribution in [3.8, 4) is 0 Å². The van der Waals surface area contributed by atoms with Gasteiger partial charge in [0.25, 0.3) is 0 Å². The highest BCUT2D eigenvalue weighted by Crippen LogP contribution is 2.28. The van der Waals surface area contributed by atoms with Crippen molar-refractivity contribution < 1.29 is 4.74 Å². The van der Waals surface area contributed by atoms with Crippen LogP contribution in [0.4, 0.5) is 0 Å². The Morgan fingerprint density at radius 2 is 2.00 bits per heavy atom. The summed E-state index contributed by atoms with van der Waals surface area (Å²) in [4.78, 5) is 0. The molecule has 2 nitrogen and oxygen atoms in total. The van der Waals surface area contributed by atoms with E-state index in [1.165, 1.54) is 0 Å². The summed E-state index contributed by atoms with van der Waals surface area (Å²) >= 11 is 3.40. The van der Waals surface area contributed by atoms with Crippen molar-refractivity contribution in [1.29, 1.82) is 0 Å². The molecule has 0 spiro atoms. The minimum Gasteiger partial charge on any atom is -0.379 e. The smallest absolute Gasteiger partial charge is 0.0689 e. The Balaban J connectivity index is 2.29. The van der Waals surface area contributed by atoms with E-state index in [1.54, 1.807) is 0 Å². The molecule has 0 aromatic heterocycles. The molecule has 1 aliphatic heterocycles. The van der Waals surface area contributed by atoms with Crippen LogP contribution in [0.1, 0.15) is 12.0 Å². The van der Waals surface area contributed by atoms with Crippen LogP contribution in [0.2, 0.25) is 0 Å². The second-order valence-corrected chi connectivity index (χ2v) is 4.38. The quantitative estimate of drug-likeness (QED) is 0.817. The monoisotopic (exact) mass is 241 g/mol. The van der Waals surface area contributed by atoms with Crippen molar-refractivity contribution in [1.82, 2.24) is 0 Å². The van der Waals surface area contributed by atoms with Gasteiger partial charge in [-0.15, -0.1) is 0 Å². The molecule has 1 heterocycles. The molecule has 3 heteroatoms. The number of benzene rings is 1. The first-order chi connectivity index (χ1) is 6.21. The largest absolute Gasteiger partial charge is 0.379 e. The Hall–Kier alpha value is -0.380. The lowest BCUT2D eigenvalue weighted by Crippen LogP contribution is -2.36. The Morgan fingerprint density at radius 1 is 1.31 bits per heavy atom. The molecule has 1 aromatic carbocycles. The van der Waals surface area contributed by atoms with E-state index in [9.17, 15) is 0 Å². The third-order valence-corrected chi connectivity index (χ3v) is 3.00. The van der Waals surface area contributed by atoms with E-state index in [1.807, 2.05) is 12.1 Å². The third kappa shape index (κ3) is 1.77. The van der Waals surface area contributed by atoms with Gasteiger partial charge in [-0.1, -0.05) is 28.1 Å². The van der Waals surface area contributed by atoms with Gasteiger partial charge in [-0.25, -0.2) is 0 Å². The van der Waals surface area contributed by atoms with Crippen molar-refractivity contribution in [2.45, 2.75) is 12.0 Å². The van der Waals surface area contributed by atoms with Gasteiger partial charge < -0.3 is 10.5 Å². The van der Waals surface area contributed by atoms with Crippen molar-refractivity contribution in [3.63, 3.8) is 0 Å². The zero-order valence-electron chi connectivity index (χ0n) is 7.29. The maximum absolute atomic E-state index is 6.19. The topological polar surface area (TPSA) is 35.2 Å². The van der Waals surface area contributed by atoms with Crippen LogP contribution in [0, 0.1) is 0 Å². The molecule has 2 rings (SSSR count). The first-order valence-corrected chi connectivity index (χ1v) is 5.13. The van der Waals surface area contributed by atoms with Gasteiger partial charge in [-0.2, -0.15) is 0 Å². The fraction of sp³-hybridized carbons (Fsp3) is 0.400. The van der Waals surface area contributed by atoms with E-state index in [4.69, 9.17) is 10.5 Å². The molecule has 0 amide bonds. The molecule has 1 atom stereocenters. The van der Waals surface area contributed by atoms with Crippen LogP contribution >= 0.6 is 15.9 Å². The van der Waals surface area contributed by atoms with Gasteiger partial charge in [0, 0.05) is 11.1 Å². The lowest BCUT2D eigenvalue weighted by Gasteiger charge is -2.22. The lowest BCUT2D eigenvalue weighted by atomic mass is 9.91. The predicted molar refractivity (Wildman–Crippen MR) is 55.4 cm³/mol. The van der Waals surface area contributed by atoms with E-state index in [0.29, 0.717) is 6.61 Å². The summed E-state index contributed by atoms with van der Waals surface area (Å²) < 4.78 is 6.39. The third-order valence-electron chi connectivity index (χ3n) is 2.47. The van der Waals surface area contributed by atoms with Crippen molar-refractivity contribution in [2.24, 2.45) is 5.73 Å². The minimum absolute atomic E-state index is 0.263. The van der Waals surface area contributed by atoms with Gasteiger partial charge in [-0.3, -0.25) is 0 Å². The zero-order valence-corrected chi connectivity index (χ0v) is 8.88. The average molecular weight is 242 g/mol. The molecule has 0 aliphatic carbocycles. The molecule has 1 aliphatic rings. The van der Waals surface area contributed by atoms with E-state index < -0.39 is 0 Å². The summed E-state index contributed by atoms with van der Waals surface area (Å²) in [5.74, 6) is 0. The summed E-state index contributed by atoms with van der Waals surface area (Å²) in [6, 6.07) is 8.14. The Morgan fingerprint density at radius 3 is 2.54 bits per heavy atom. The molecule has 0 saturated carbocycles. The Kier molecular flexibility index (Phi) is 2.41.